The van der Waals surface area contributed by atoms with Crippen molar-refractivity contribution >= 4 is 16.6 Å². The van der Waals surface area contributed by atoms with Gasteiger partial charge in [-0.15, -0.1) is 0 Å². The lowest BCUT2D eigenvalue weighted by Gasteiger charge is -2.02. The number of rotatable bonds is 2. The monoisotopic (exact) mass is 344 g/mol. The van der Waals surface area contributed by atoms with E-state index in [1.54, 1.807) is 42.9 Å². The molecule has 4 heterocycles. The van der Waals surface area contributed by atoms with Crippen LogP contribution in [0.2, 0.25) is 0 Å². The second-order valence-electron chi connectivity index (χ2n) is 5.84. The maximum absolute atomic E-state index is 12.3. The molecule has 0 saturated carbocycles. The Morgan fingerprint density at radius 1 is 1.08 bits per heavy atom. The van der Waals surface area contributed by atoms with E-state index in [0.717, 1.165) is 16.5 Å². The van der Waals surface area contributed by atoms with Gasteiger partial charge in [-0.1, -0.05) is 10.6 Å². The van der Waals surface area contributed by atoms with Gasteiger partial charge in [-0.2, -0.15) is 0 Å². The van der Waals surface area contributed by atoms with Gasteiger partial charge < -0.3 is 14.7 Å². The highest BCUT2D eigenvalue weighted by Crippen LogP contribution is 2.31. The van der Waals surface area contributed by atoms with Gasteiger partial charge in [0.1, 0.15) is 5.58 Å². The molecule has 0 aliphatic heterocycles. The maximum Gasteiger partial charge on any atom is 0.415 e. The zero-order chi connectivity index (χ0) is 17.7. The second-order valence-corrected chi connectivity index (χ2v) is 5.84. The van der Waals surface area contributed by atoms with E-state index < -0.39 is 5.88 Å². The summed E-state index contributed by atoms with van der Waals surface area (Å²) in [4.78, 5) is 9.24. The van der Waals surface area contributed by atoms with E-state index in [4.69, 9.17) is 4.42 Å². The van der Waals surface area contributed by atoms with Crippen LogP contribution in [0.15, 0.2) is 71.6 Å². The maximum atomic E-state index is 12.3. The van der Waals surface area contributed by atoms with Gasteiger partial charge in [-0.05, 0) is 47.3 Å². The van der Waals surface area contributed by atoms with E-state index >= 15 is 0 Å². The first-order valence-electron chi connectivity index (χ1n) is 7.95. The predicted molar refractivity (Wildman–Crippen MR) is 94.3 cm³/mol. The minimum absolute atomic E-state index is 0.298. The molecule has 26 heavy (non-hydrogen) atoms. The molecule has 4 aromatic heterocycles. The zero-order valence-corrected chi connectivity index (χ0v) is 13.4. The minimum Gasteiger partial charge on any atom is -0.593 e. The van der Waals surface area contributed by atoms with Gasteiger partial charge in [-0.3, -0.25) is 4.98 Å². The molecule has 1 N–H and O–H groups in total. The van der Waals surface area contributed by atoms with Crippen LogP contribution in [-0.2, 0) is 0 Å². The van der Waals surface area contributed by atoms with Crippen LogP contribution in [0.25, 0.3) is 39.1 Å². The number of fused-ring (bicyclic) bond motifs is 2. The summed E-state index contributed by atoms with van der Waals surface area (Å²) in [5.74, 6) is -0.432. The summed E-state index contributed by atoms with van der Waals surface area (Å²) in [5, 5.41) is 23.5. The number of aromatic hydroxyl groups is 1. The zero-order valence-electron chi connectivity index (χ0n) is 13.4. The number of nitrogens with zero attached hydrogens (tertiary/aromatic N) is 4. The van der Waals surface area contributed by atoms with Crippen LogP contribution >= 0.6 is 0 Å². The largest absolute Gasteiger partial charge is 0.593 e. The molecule has 0 saturated heterocycles. The Balaban J connectivity index is 1.76. The highest BCUT2D eigenvalue weighted by molar-refractivity contribution is 5.84. The summed E-state index contributed by atoms with van der Waals surface area (Å²) >= 11 is 0. The first-order chi connectivity index (χ1) is 12.7. The SMILES string of the molecule is [O-][n+]1c(O)c(-c2ccccn2)c2nc(-c3ccc4occc4c3)ccn21. The normalized spacial score (nSPS) is 11.4. The molecule has 0 radical (unpaired) electrons. The van der Waals surface area contributed by atoms with Gasteiger partial charge >= 0.3 is 5.88 Å². The van der Waals surface area contributed by atoms with E-state index in [1.165, 1.54) is 4.52 Å². The molecule has 0 unspecified atom stereocenters. The van der Waals surface area contributed by atoms with Crippen LogP contribution in [0.3, 0.4) is 0 Å². The number of furan rings is 1. The Morgan fingerprint density at radius 3 is 2.85 bits per heavy atom. The van der Waals surface area contributed by atoms with Gasteiger partial charge in [0.15, 0.2) is 5.56 Å². The molecule has 0 bridgehead atoms. The van der Waals surface area contributed by atoms with Crippen molar-refractivity contribution in [2.45, 2.75) is 0 Å². The van der Waals surface area contributed by atoms with Crippen LogP contribution in [0, 0.1) is 5.21 Å². The number of benzene rings is 1. The Morgan fingerprint density at radius 2 is 2.00 bits per heavy atom. The fourth-order valence-corrected chi connectivity index (χ4v) is 3.06. The molecule has 0 aliphatic carbocycles. The number of aromatic nitrogens is 4. The molecule has 5 aromatic rings. The lowest BCUT2D eigenvalue weighted by Crippen LogP contribution is -2.32. The molecule has 7 heteroatoms. The summed E-state index contributed by atoms with van der Waals surface area (Å²) in [6.45, 7) is 0. The van der Waals surface area contributed by atoms with E-state index in [2.05, 4.69) is 9.97 Å². The fraction of sp³-hybridized carbons (Fsp3) is 0. The van der Waals surface area contributed by atoms with Gasteiger partial charge in [0.25, 0.3) is 0 Å². The quantitative estimate of drug-likeness (QED) is 0.392. The van der Waals surface area contributed by atoms with Crippen molar-refractivity contribution in [2.75, 3.05) is 0 Å². The van der Waals surface area contributed by atoms with E-state index in [9.17, 15) is 10.3 Å². The van der Waals surface area contributed by atoms with Gasteiger partial charge in [0.2, 0.25) is 5.65 Å². The molecule has 0 atom stereocenters. The number of hydrogen-bond donors (Lipinski definition) is 1. The van der Waals surface area contributed by atoms with Crippen LogP contribution in [-0.4, -0.2) is 19.6 Å². The van der Waals surface area contributed by atoms with Gasteiger partial charge in [-0.25, -0.2) is 4.98 Å². The molecule has 5 rings (SSSR count). The van der Waals surface area contributed by atoms with Crippen LogP contribution in [0.4, 0.5) is 0 Å². The Bertz CT molecular complexity index is 1260. The van der Waals surface area contributed by atoms with E-state index in [-0.39, 0.29) is 0 Å². The van der Waals surface area contributed by atoms with Crippen LogP contribution in [0.1, 0.15) is 0 Å². The predicted octanol–water partition coefficient (Wildman–Crippen LogP) is 3.15. The first kappa shape index (κ1) is 14.5. The van der Waals surface area contributed by atoms with Crippen LogP contribution in [0.5, 0.6) is 5.88 Å². The summed E-state index contributed by atoms with van der Waals surface area (Å²) < 4.78 is 6.61. The van der Waals surface area contributed by atoms with Crippen molar-refractivity contribution in [3.8, 4) is 28.4 Å². The third-order valence-electron chi connectivity index (χ3n) is 4.31. The molecule has 1 aromatic carbocycles. The lowest BCUT2D eigenvalue weighted by molar-refractivity contribution is -0.682. The molecule has 126 valence electrons. The third kappa shape index (κ3) is 2.04. The highest BCUT2D eigenvalue weighted by Gasteiger charge is 2.26. The van der Waals surface area contributed by atoms with Crippen molar-refractivity contribution in [1.29, 1.82) is 0 Å². The smallest absolute Gasteiger partial charge is 0.415 e. The summed E-state index contributed by atoms with van der Waals surface area (Å²) in [5.41, 5.74) is 3.46. The number of pyridine rings is 1. The minimum atomic E-state index is -0.432. The van der Waals surface area contributed by atoms with Gasteiger partial charge in [0.05, 0.1) is 23.8 Å². The van der Waals surface area contributed by atoms with Crippen molar-refractivity contribution < 1.29 is 14.4 Å². The van der Waals surface area contributed by atoms with Crippen molar-refractivity contribution in [2.24, 2.45) is 0 Å². The second kappa shape index (κ2) is 5.32. The summed E-state index contributed by atoms with van der Waals surface area (Å²) in [7, 11) is 0. The fourth-order valence-electron chi connectivity index (χ4n) is 3.06. The molecule has 0 aliphatic rings. The molecular formula is C19H12N4O3. The summed E-state index contributed by atoms with van der Waals surface area (Å²) in [6.07, 6.45) is 4.82. The molecule has 0 fully saturated rings. The third-order valence-corrected chi connectivity index (χ3v) is 4.31. The average Bonchev–Trinajstić information content (AvgIpc) is 3.25. The Hall–Kier alpha value is -3.87. The average molecular weight is 344 g/mol. The number of hydrogen-bond acceptors (Lipinski definition) is 5. The van der Waals surface area contributed by atoms with E-state index in [0.29, 0.717) is 27.4 Å². The molecule has 0 spiro atoms. The van der Waals surface area contributed by atoms with E-state index in [1.807, 2.05) is 24.3 Å². The lowest BCUT2D eigenvalue weighted by atomic mass is 10.1. The molecule has 0 amide bonds. The van der Waals surface area contributed by atoms with Crippen LogP contribution < -0.4 is 4.85 Å². The first-order valence-corrected chi connectivity index (χ1v) is 7.95. The topological polar surface area (TPSA) is 90.5 Å². The molecular weight excluding hydrogens is 332 g/mol. The summed E-state index contributed by atoms with van der Waals surface area (Å²) in [6, 6.07) is 14.6. The molecule has 7 nitrogen and oxygen atoms in total. The van der Waals surface area contributed by atoms with Gasteiger partial charge in [0, 0.05) is 17.1 Å². The van der Waals surface area contributed by atoms with Crippen molar-refractivity contribution in [1.82, 2.24) is 14.5 Å². The Kier molecular flexibility index (Phi) is 2.96. The standard InChI is InChI=1S/C19H12N4O3/c24-19-17(15-3-1-2-8-20-15)18-21-14(6-9-22(18)23(19)25)12-4-5-16-13(11-12)7-10-26-16/h1-11,24H. The Labute approximate surface area is 147 Å². The highest BCUT2D eigenvalue weighted by atomic mass is 16.5. The van der Waals surface area contributed by atoms with Crippen molar-refractivity contribution in [3.63, 3.8) is 0 Å². The van der Waals surface area contributed by atoms with Crippen molar-refractivity contribution in [3.05, 3.63) is 72.4 Å².